The average molecular weight is 338 g/mol. The number of aryl methyl sites for hydroxylation is 4. The standard InChI is InChI=1S/C19H18N2O4/c1-10-5-6-15(7-11(10)2)21-18(23)16(17(22)20-19(21)24)9-14-8-12(3)25-13(14)4/h5-9H,1-4H3,(H,20,22,24)/b16-9+. The maximum atomic E-state index is 12.8. The first-order valence-electron chi connectivity index (χ1n) is 7.83. The molecule has 0 radical (unpaired) electrons. The lowest BCUT2D eigenvalue weighted by Crippen LogP contribution is -2.54. The molecular formula is C19H18N2O4. The summed E-state index contributed by atoms with van der Waals surface area (Å²) in [4.78, 5) is 38.2. The van der Waals surface area contributed by atoms with Crippen molar-refractivity contribution in [3.05, 3.63) is 58.0 Å². The molecular weight excluding hydrogens is 320 g/mol. The van der Waals surface area contributed by atoms with Crippen molar-refractivity contribution in [3.8, 4) is 0 Å². The van der Waals surface area contributed by atoms with Crippen LogP contribution in [0, 0.1) is 27.7 Å². The summed E-state index contributed by atoms with van der Waals surface area (Å²) in [5, 5.41) is 2.22. The molecule has 6 heteroatoms. The molecule has 25 heavy (non-hydrogen) atoms. The lowest BCUT2D eigenvalue weighted by Gasteiger charge is -2.26. The monoisotopic (exact) mass is 338 g/mol. The predicted octanol–water partition coefficient (Wildman–Crippen LogP) is 3.18. The molecule has 3 rings (SSSR count). The van der Waals surface area contributed by atoms with Gasteiger partial charge < -0.3 is 4.42 Å². The average Bonchev–Trinajstić information content (AvgIpc) is 2.84. The first-order valence-corrected chi connectivity index (χ1v) is 7.83. The van der Waals surface area contributed by atoms with E-state index in [0.29, 0.717) is 22.8 Å². The number of nitrogens with zero attached hydrogens (tertiary/aromatic N) is 1. The van der Waals surface area contributed by atoms with Crippen LogP contribution in [-0.2, 0) is 9.59 Å². The number of carbonyl (C=O) groups is 3. The number of hydrogen-bond acceptors (Lipinski definition) is 4. The molecule has 1 saturated heterocycles. The maximum Gasteiger partial charge on any atom is 0.335 e. The highest BCUT2D eigenvalue weighted by atomic mass is 16.3. The van der Waals surface area contributed by atoms with E-state index in [1.807, 2.05) is 19.9 Å². The van der Waals surface area contributed by atoms with Crippen molar-refractivity contribution in [2.75, 3.05) is 4.90 Å². The van der Waals surface area contributed by atoms with Crippen LogP contribution < -0.4 is 10.2 Å². The number of rotatable bonds is 2. The third-order valence-electron chi connectivity index (χ3n) is 4.23. The van der Waals surface area contributed by atoms with Gasteiger partial charge in [0.15, 0.2) is 0 Å². The van der Waals surface area contributed by atoms with Crippen molar-refractivity contribution in [1.29, 1.82) is 0 Å². The number of benzene rings is 1. The van der Waals surface area contributed by atoms with Crippen molar-refractivity contribution in [3.63, 3.8) is 0 Å². The Morgan fingerprint density at radius 2 is 1.72 bits per heavy atom. The zero-order chi connectivity index (χ0) is 18.3. The van der Waals surface area contributed by atoms with E-state index in [2.05, 4.69) is 5.32 Å². The molecule has 1 aliphatic rings. The molecule has 0 bridgehead atoms. The van der Waals surface area contributed by atoms with Crippen LogP contribution in [0.25, 0.3) is 6.08 Å². The van der Waals surface area contributed by atoms with E-state index in [9.17, 15) is 14.4 Å². The van der Waals surface area contributed by atoms with Crippen LogP contribution in [0.1, 0.15) is 28.2 Å². The molecule has 0 unspecified atom stereocenters. The van der Waals surface area contributed by atoms with Gasteiger partial charge in [-0.05, 0) is 63.1 Å². The van der Waals surface area contributed by atoms with Crippen molar-refractivity contribution < 1.29 is 18.8 Å². The van der Waals surface area contributed by atoms with Crippen molar-refractivity contribution in [1.82, 2.24) is 5.32 Å². The lowest BCUT2D eigenvalue weighted by atomic mass is 10.1. The van der Waals surface area contributed by atoms with Crippen molar-refractivity contribution in [2.45, 2.75) is 27.7 Å². The highest BCUT2D eigenvalue weighted by molar-refractivity contribution is 6.39. The molecule has 0 aliphatic carbocycles. The fourth-order valence-electron chi connectivity index (χ4n) is 2.71. The molecule has 0 spiro atoms. The lowest BCUT2D eigenvalue weighted by molar-refractivity contribution is -0.122. The Labute approximate surface area is 145 Å². The number of imide groups is 2. The smallest absolute Gasteiger partial charge is 0.335 e. The van der Waals surface area contributed by atoms with Gasteiger partial charge in [0.05, 0.1) is 5.69 Å². The van der Waals surface area contributed by atoms with Crippen LogP contribution in [0.2, 0.25) is 0 Å². The number of hydrogen-bond donors (Lipinski definition) is 1. The van der Waals surface area contributed by atoms with Crippen LogP contribution in [-0.4, -0.2) is 17.8 Å². The molecule has 0 atom stereocenters. The minimum Gasteiger partial charge on any atom is -0.466 e. The van der Waals surface area contributed by atoms with Gasteiger partial charge >= 0.3 is 6.03 Å². The van der Waals surface area contributed by atoms with Gasteiger partial charge in [0.2, 0.25) is 0 Å². The van der Waals surface area contributed by atoms with Crippen molar-refractivity contribution >= 4 is 29.6 Å². The molecule has 6 nitrogen and oxygen atoms in total. The summed E-state index contributed by atoms with van der Waals surface area (Å²) in [6.07, 6.45) is 1.45. The minimum absolute atomic E-state index is 0.110. The second-order valence-electron chi connectivity index (χ2n) is 6.09. The molecule has 1 aliphatic heterocycles. The second-order valence-corrected chi connectivity index (χ2v) is 6.09. The fourth-order valence-corrected chi connectivity index (χ4v) is 2.71. The van der Waals surface area contributed by atoms with E-state index < -0.39 is 17.8 Å². The third kappa shape index (κ3) is 2.98. The number of anilines is 1. The second kappa shape index (κ2) is 6.05. The van der Waals surface area contributed by atoms with E-state index in [1.165, 1.54) is 6.08 Å². The van der Waals surface area contributed by atoms with Crippen LogP contribution in [0.3, 0.4) is 0 Å². The van der Waals surface area contributed by atoms with Gasteiger partial charge in [-0.25, -0.2) is 9.69 Å². The van der Waals surface area contributed by atoms with Crippen molar-refractivity contribution in [2.24, 2.45) is 0 Å². The quantitative estimate of drug-likeness (QED) is 0.674. The van der Waals surface area contributed by atoms with E-state index in [4.69, 9.17) is 4.42 Å². The molecule has 1 fully saturated rings. The molecule has 128 valence electrons. The SMILES string of the molecule is Cc1cc(/C=C2\C(=O)NC(=O)N(c3ccc(C)c(C)c3)C2=O)c(C)o1. The summed E-state index contributed by atoms with van der Waals surface area (Å²) in [6.45, 7) is 7.36. The number of furan rings is 1. The van der Waals surface area contributed by atoms with Gasteiger partial charge in [0.1, 0.15) is 17.1 Å². The fraction of sp³-hybridized carbons (Fsp3) is 0.211. The van der Waals surface area contributed by atoms with E-state index in [-0.39, 0.29) is 5.57 Å². The van der Waals surface area contributed by atoms with Crippen LogP contribution in [0.4, 0.5) is 10.5 Å². The molecule has 1 aromatic heterocycles. The Bertz CT molecular complexity index is 937. The summed E-state index contributed by atoms with van der Waals surface area (Å²) in [5.74, 6) is -0.0982. The number of carbonyl (C=O) groups excluding carboxylic acids is 3. The Balaban J connectivity index is 2.05. The summed E-state index contributed by atoms with van der Waals surface area (Å²) in [6, 6.07) is 6.23. The van der Waals surface area contributed by atoms with E-state index in [0.717, 1.165) is 16.0 Å². The first-order chi connectivity index (χ1) is 11.8. The predicted molar refractivity (Wildman–Crippen MR) is 93.1 cm³/mol. The normalized spacial score (nSPS) is 16.6. The molecule has 0 saturated carbocycles. The van der Waals surface area contributed by atoms with Crippen LogP contribution in [0.15, 0.2) is 34.3 Å². The van der Waals surface area contributed by atoms with Gasteiger partial charge in [-0.3, -0.25) is 14.9 Å². The Morgan fingerprint density at radius 1 is 1.00 bits per heavy atom. The Morgan fingerprint density at radius 3 is 2.32 bits per heavy atom. The van der Waals surface area contributed by atoms with Gasteiger partial charge in [-0.1, -0.05) is 6.07 Å². The molecule has 1 aromatic carbocycles. The maximum absolute atomic E-state index is 12.8. The number of nitrogens with one attached hydrogen (secondary N) is 1. The van der Waals surface area contributed by atoms with E-state index in [1.54, 1.807) is 32.0 Å². The summed E-state index contributed by atoms with van der Waals surface area (Å²) < 4.78 is 5.42. The minimum atomic E-state index is -0.754. The largest absolute Gasteiger partial charge is 0.466 e. The third-order valence-corrected chi connectivity index (χ3v) is 4.23. The number of amides is 4. The molecule has 1 N–H and O–H groups in total. The first kappa shape index (κ1) is 16.7. The molecule has 4 amide bonds. The Kier molecular flexibility index (Phi) is 4.04. The molecule has 2 aromatic rings. The number of urea groups is 1. The topological polar surface area (TPSA) is 79.6 Å². The summed E-state index contributed by atoms with van der Waals surface area (Å²) in [5.41, 5.74) is 2.93. The summed E-state index contributed by atoms with van der Waals surface area (Å²) >= 11 is 0. The van der Waals surface area contributed by atoms with E-state index >= 15 is 0 Å². The van der Waals surface area contributed by atoms with Gasteiger partial charge in [0.25, 0.3) is 11.8 Å². The van der Waals surface area contributed by atoms with Gasteiger partial charge in [0, 0.05) is 5.56 Å². The number of barbiturate groups is 1. The Hall–Kier alpha value is -3.15. The highest BCUT2D eigenvalue weighted by Gasteiger charge is 2.37. The zero-order valence-electron chi connectivity index (χ0n) is 14.5. The van der Waals surface area contributed by atoms with Gasteiger partial charge in [-0.15, -0.1) is 0 Å². The van der Waals surface area contributed by atoms with Crippen LogP contribution >= 0.6 is 0 Å². The summed E-state index contributed by atoms with van der Waals surface area (Å²) in [7, 11) is 0. The zero-order valence-corrected chi connectivity index (χ0v) is 14.5. The molecule has 2 heterocycles. The van der Waals surface area contributed by atoms with Crippen LogP contribution in [0.5, 0.6) is 0 Å². The van der Waals surface area contributed by atoms with Gasteiger partial charge in [-0.2, -0.15) is 0 Å². The highest BCUT2D eigenvalue weighted by Crippen LogP contribution is 2.25.